The Labute approximate surface area is 109 Å². The number of benzene rings is 1. The molecule has 0 amide bonds. The molecule has 0 spiro atoms. The molecule has 0 radical (unpaired) electrons. The summed E-state index contributed by atoms with van der Waals surface area (Å²) in [5.41, 5.74) is -0.229. The van der Waals surface area contributed by atoms with Gasteiger partial charge in [0.05, 0.1) is 12.2 Å². The van der Waals surface area contributed by atoms with Gasteiger partial charge in [-0.05, 0) is 31.5 Å². The molecule has 0 aliphatic rings. The summed E-state index contributed by atoms with van der Waals surface area (Å²) < 4.78 is 41.7. The van der Waals surface area contributed by atoms with Crippen LogP contribution in [-0.4, -0.2) is 24.8 Å². The van der Waals surface area contributed by atoms with Gasteiger partial charge in [-0.1, -0.05) is 12.1 Å². The second-order valence-electron chi connectivity index (χ2n) is 3.83. The molecule has 0 unspecified atom stereocenters. The number of rotatable bonds is 4. The van der Waals surface area contributed by atoms with E-state index in [-0.39, 0.29) is 6.61 Å². The van der Waals surface area contributed by atoms with E-state index in [0.717, 1.165) is 12.1 Å². The van der Waals surface area contributed by atoms with E-state index < -0.39 is 23.8 Å². The molecule has 0 N–H and O–H groups in total. The first-order valence-corrected chi connectivity index (χ1v) is 5.71. The van der Waals surface area contributed by atoms with Crippen molar-refractivity contribution in [1.82, 2.24) is 0 Å². The van der Waals surface area contributed by atoms with Crippen LogP contribution in [0.4, 0.5) is 13.2 Å². The van der Waals surface area contributed by atoms with Gasteiger partial charge in [-0.2, -0.15) is 13.2 Å². The minimum absolute atomic E-state index is 0.263. The van der Waals surface area contributed by atoms with Crippen molar-refractivity contribution in [2.45, 2.75) is 26.1 Å². The van der Waals surface area contributed by atoms with Crippen LogP contribution in [0.1, 0.15) is 25.0 Å². The van der Waals surface area contributed by atoms with Crippen LogP contribution in [0.3, 0.4) is 0 Å². The van der Waals surface area contributed by atoms with Gasteiger partial charge >= 0.3 is 12.1 Å². The number of esters is 1. The van der Waals surface area contributed by atoms with Crippen LogP contribution in [0.25, 0.3) is 0 Å². The molecule has 1 aromatic carbocycles. The maximum atomic E-state index is 12.3. The van der Waals surface area contributed by atoms with Crippen LogP contribution in [-0.2, 0) is 15.7 Å². The number of carbonyl (C=O) groups is 1. The van der Waals surface area contributed by atoms with Crippen molar-refractivity contribution in [2.24, 2.45) is 4.99 Å². The predicted molar refractivity (Wildman–Crippen MR) is 65.1 cm³/mol. The molecule has 0 heterocycles. The first-order valence-electron chi connectivity index (χ1n) is 5.71. The first-order chi connectivity index (χ1) is 8.84. The molecule has 0 saturated heterocycles. The highest BCUT2D eigenvalue weighted by Crippen LogP contribution is 2.28. The van der Waals surface area contributed by atoms with Gasteiger partial charge in [-0.3, -0.25) is 4.99 Å². The molecule has 0 bridgehead atoms. The fraction of sp³-hybridized carbons (Fsp3) is 0.385. The van der Waals surface area contributed by atoms with Crippen LogP contribution in [0.2, 0.25) is 0 Å². The Morgan fingerprint density at radius 2 is 1.95 bits per heavy atom. The summed E-state index contributed by atoms with van der Waals surface area (Å²) in [6, 6.07) is 3.85. The number of ether oxygens (including phenoxy) is 1. The first kappa shape index (κ1) is 15.2. The van der Waals surface area contributed by atoms with Gasteiger partial charge in [0.25, 0.3) is 0 Å². The van der Waals surface area contributed by atoms with Crippen molar-refractivity contribution >= 4 is 12.2 Å². The van der Waals surface area contributed by atoms with Gasteiger partial charge in [0.2, 0.25) is 0 Å². The summed E-state index contributed by atoms with van der Waals surface area (Å²) in [6.07, 6.45) is -3.00. The highest BCUT2D eigenvalue weighted by molar-refractivity contribution is 5.83. The smallest absolute Gasteiger partial charge is 0.416 e. The van der Waals surface area contributed by atoms with Gasteiger partial charge in [0.15, 0.2) is 0 Å². The maximum Gasteiger partial charge on any atom is 0.416 e. The lowest BCUT2D eigenvalue weighted by molar-refractivity contribution is -0.144. The molecule has 19 heavy (non-hydrogen) atoms. The number of hydrogen-bond donors (Lipinski definition) is 0. The Kier molecular flexibility index (Phi) is 5.09. The Hall–Kier alpha value is -1.85. The third-order valence-electron chi connectivity index (χ3n) is 2.31. The second-order valence-corrected chi connectivity index (χ2v) is 3.83. The van der Waals surface area contributed by atoms with Crippen molar-refractivity contribution in [2.75, 3.05) is 6.61 Å². The third kappa shape index (κ3) is 4.73. The number of aliphatic imine (C=N–C) groups is 1. The Morgan fingerprint density at radius 3 is 2.42 bits per heavy atom. The molecule has 1 atom stereocenters. The van der Waals surface area contributed by atoms with Crippen molar-refractivity contribution in [1.29, 1.82) is 0 Å². The fourth-order valence-corrected chi connectivity index (χ4v) is 1.28. The van der Waals surface area contributed by atoms with Crippen LogP contribution < -0.4 is 0 Å². The van der Waals surface area contributed by atoms with Gasteiger partial charge < -0.3 is 4.74 Å². The standard InChI is InChI=1S/C13H14F3NO2/c1-3-19-12(18)9(2)17-8-10-4-6-11(7-5-10)13(14,15)16/h4-9H,3H2,1-2H3/t9-/m0/s1. The SMILES string of the molecule is CCOC(=O)[C@H](C)N=Cc1ccc(C(F)(F)F)cc1. The lowest BCUT2D eigenvalue weighted by Crippen LogP contribution is -2.18. The zero-order chi connectivity index (χ0) is 14.5. The molecule has 0 aliphatic heterocycles. The minimum atomic E-state index is -4.35. The Morgan fingerprint density at radius 1 is 1.37 bits per heavy atom. The molecule has 0 aliphatic carbocycles. The highest BCUT2D eigenvalue weighted by atomic mass is 19.4. The van der Waals surface area contributed by atoms with E-state index in [9.17, 15) is 18.0 Å². The van der Waals surface area contributed by atoms with Gasteiger partial charge in [-0.15, -0.1) is 0 Å². The minimum Gasteiger partial charge on any atom is -0.464 e. The van der Waals surface area contributed by atoms with E-state index in [1.54, 1.807) is 13.8 Å². The van der Waals surface area contributed by atoms with E-state index in [1.807, 2.05) is 0 Å². The fourth-order valence-electron chi connectivity index (χ4n) is 1.28. The topological polar surface area (TPSA) is 38.7 Å². The van der Waals surface area contributed by atoms with Crippen molar-refractivity contribution in [3.05, 3.63) is 35.4 Å². The number of nitrogens with zero attached hydrogens (tertiary/aromatic N) is 1. The summed E-state index contributed by atoms with van der Waals surface area (Å²) in [5.74, 6) is -0.467. The van der Waals surface area contributed by atoms with Crippen LogP contribution >= 0.6 is 0 Å². The van der Waals surface area contributed by atoms with Gasteiger partial charge in [-0.25, -0.2) is 4.79 Å². The monoisotopic (exact) mass is 273 g/mol. The van der Waals surface area contributed by atoms with Crippen molar-refractivity contribution in [3.8, 4) is 0 Å². The summed E-state index contributed by atoms with van der Waals surface area (Å²) in [5, 5.41) is 0. The summed E-state index contributed by atoms with van der Waals surface area (Å²) in [6.45, 7) is 3.50. The van der Waals surface area contributed by atoms with E-state index in [1.165, 1.54) is 18.3 Å². The average Bonchev–Trinajstić information content (AvgIpc) is 2.35. The Bertz CT molecular complexity index is 452. The molecule has 0 fully saturated rings. The molecular formula is C13H14F3NO2. The van der Waals surface area contributed by atoms with Crippen molar-refractivity contribution in [3.63, 3.8) is 0 Å². The number of alkyl halides is 3. The zero-order valence-electron chi connectivity index (χ0n) is 10.6. The summed E-state index contributed by atoms with van der Waals surface area (Å²) >= 11 is 0. The molecule has 3 nitrogen and oxygen atoms in total. The molecule has 0 aromatic heterocycles. The maximum absolute atomic E-state index is 12.3. The molecule has 6 heteroatoms. The lowest BCUT2D eigenvalue weighted by atomic mass is 10.1. The number of halogens is 3. The molecule has 0 saturated carbocycles. The van der Waals surface area contributed by atoms with Crippen LogP contribution in [0.5, 0.6) is 0 Å². The van der Waals surface area contributed by atoms with Crippen molar-refractivity contribution < 1.29 is 22.7 Å². The van der Waals surface area contributed by atoms with Crippen LogP contribution in [0.15, 0.2) is 29.3 Å². The predicted octanol–water partition coefficient (Wildman–Crippen LogP) is 3.08. The molecule has 1 aromatic rings. The van der Waals surface area contributed by atoms with E-state index in [2.05, 4.69) is 4.99 Å². The third-order valence-corrected chi connectivity index (χ3v) is 2.31. The normalized spacial score (nSPS) is 13.5. The second kappa shape index (κ2) is 6.36. The number of hydrogen-bond acceptors (Lipinski definition) is 3. The highest BCUT2D eigenvalue weighted by Gasteiger charge is 2.29. The van der Waals surface area contributed by atoms with E-state index in [0.29, 0.717) is 5.56 Å². The summed E-state index contributed by atoms with van der Waals surface area (Å²) in [4.78, 5) is 15.2. The molecule has 1 rings (SSSR count). The summed E-state index contributed by atoms with van der Waals surface area (Å²) in [7, 11) is 0. The van der Waals surface area contributed by atoms with Crippen LogP contribution in [0, 0.1) is 0 Å². The van der Waals surface area contributed by atoms with E-state index >= 15 is 0 Å². The molecule has 104 valence electrons. The lowest BCUT2D eigenvalue weighted by Gasteiger charge is -2.07. The Balaban J connectivity index is 2.70. The van der Waals surface area contributed by atoms with Gasteiger partial charge in [0, 0.05) is 6.21 Å². The molecular weight excluding hydrogens is 259 g/mol. The zero-order valence-corrected chi connectivity index (χ0v) is 10.6. The average molecular weight is 273 g/mol. The quantitative estimate of drug-likeness (QED) is 0.624. The van der Waals surface area contributed by atoms with Gasteiger partial charge in [0.1, 0.15) is 6.04 Å². The number of carbonyl (C=O) groups excluding carboxylic acids is 1. The van der Waals surface area contributed by atoms with E-state index in [4.69, 9.17) is 4.74 Å². The largest absolute Gasteiger partial charge is 0.464 e.